The Hall–Kier alpha value is -1.96. The van der Waals surface area contributed by atoms with Crippen LogP contribution in [0.2, 0.25) is 0 Å². The molecule has 2 nitrogen and oxygen atoms in total. The zero-order valence-electron chi connectivity index (χ0n) is 10.1. The molecule has 86 valence electrons. The maximum atomic E-state index is 12.3. The predicted molar refractivity (Wildman–Crippen MR) is 70.1 cm³/mol. The molecule has 0 N–H and O–H groups in total. The highest BCUT2D eigenvalue weighted by Gasteiger charge is 2.12. The Kier molecular flexibility index (Phi) is 3.33. The van der Waals surface area contributed by atoms with Crippen molar-refractivity contribution in [1.82, 2.24) is 4.98 Å². The molecule has 0 aliphatic rings. The van der Waals surface area contributed by atoms with Gasteiger partial charge in [0, 0.05) is 23.3 Å². The fourth-order valence-electron chi connectivity index (χ4n) is 1.99. The lowest BCUT2D eigenvalue weighted by Crippen LogP contribution is -2.03. The first-order valence-corrected chi connectivity index (χ1v) is 5.80. The van der Waals surface area contributed by atoms with Gasteiger partial charge in [0.2, 0.25) is 0 Å². The fraction of sp³-hybridized carbons (Fsp3) is 0.200. The number of allylic oxidation sites excluding steroid dienone is 2. The minimum absolute atomic E-state index is 0.117. The van der Waals surface area contributed by atoms with Crippen molar-refractivity contribution in [2.75, 3.05) is 0 Å². The van der Waals surface area contributed by atoms with Crippen molar-refractivity contribution >= 4 is 16.6 Å². The van der Waals surface area contributed by atoms with Crippen molar-refractivity contribution in [3.8, 4) is 0 Å². The van der Waals surface area contributed by atoms with Crippen molar-refractivity contribution in [2.45, 2.75) is 20.3 Å². The maximum Gasteiger partial charge on any atom is 0.189 e. The molecule has 0 spiro atoms. The van der Waals surface area contributed by atoms with Gasteiger partial charge in [-0.3, -0.25) is 9.78 Å². The van der Waals surface area contributed by atoms with E-state index in [2.05, 4.69) is 4.98 Å². The quantitative estimate of drug-likeness (QED) is 0.588. The van der Waals surface area contributed by atoms with Crippen LogP contribution in [0, 0.1) is 0 Å². The molecule has 1 aromatic heterocycles. The maximum absolute atomic E-state index is 12.3. The Bertz CT molecular complexity index is 579. The Labute approximate surface area is 101 Å². The number of nitrogens with zero attached hydrogens (tertiary/aromatic N) is 1. The molecule has 0 fully saturated rings. The zero-order chi connectivity index (χ0) is 12.3. The third-order valence-electron chi connectivity index (χ3n) is 2.95. The number of fused-ring (bicyclic) bond motifs is 1. The van der Waals surface area contributed by atoms with Gasteiger partial charge in [-0.2, -0.15) is 0 Å². The number of pyridine rings is 1. The van der Waals surface area contributed by atoms with Crippen LogP contribution in [0.1, 0.15) is 30.6 Å². The van der Waals surface area contributed by atoms with Crippen LogP contribution in [0.4, 0.5) is 0 Å². The summed E-state index contributed by atoms with van der Waals surface area (Å²) in [5, 5.41) is 1.98. The van der Waals surface area contributed by atoms with Gasteiger partial charge in [-0.1, -0.05) is 31.2 Å². The van der Waals surface area contributed by atoms with Crippen LogP contribution >= 0.6 is 0 Å². The molecular weight excluding hydrogens is 210 g/mol. The first-order chi connectivity index (χ1) is 8.27. The number of benzene rings is 1. The first-order valence-electron chi connectivity index (χ1n) is 5.80. The third kappa shape index (κ3) is 2.11. The van der Waals surface area contributed by atoms with Gasteiger partial charge in [0.05, 0.1) is 0 Å². The summed E-state index contributed by atoms with van der Waals surface area (Å²) >= 11 is 0. The number of ketones is 1. The van der Waals surface area contributed by atoms with Gasteiger partial charge in [0.1, 0.15) is 0 Å². The normalized spacial score (nSPS) is 11.8. The Morgan fingerprint density at radius 2 is 2.18 bits per heavy atom. The summed E-state index contributed by atoms with van der Waals surface area (Å²) in [4.78, 5) is 16.4. The Morgan fingerprint density at radius 1 is 1.35 bits per heavy atom. The van der Waals surface area contributed by atoms with E-state index < -0.39 is 0 Å². The molecule has 0 bridgehead atoms. The molecular formula is C15H15NO. The van der Waals surface area contributed by atoms with Gasteiger partial charge in [-0.15, -0.1) is 0 Å². The summed E-state index contributed by atoms with van der Waals surface area (Å²) in [6.07, 6.45) is 6.16. The van der Waals surface area contributed by atoms with Gasteiger partial charge in [-0.25, -0.2) is 0 Å². The number of carbonyl (C=O) groups is 1. The second kappa shape index (κ2) is 4.91. The minimum atomic E-state index is 0.117. The number of rotatable bonds is 3. The van der Waals surface area contributed by atoms with Crippen molar-refractivity contribution in [3.63, 3.8) is 0 Å². The molecule has 17 heavy (non-hydrogen) atoms. The monoisotopic (exact) mass is 225 g/mol. The van der Waals surface area contributed by atoms with Crippen molar-refractivity contribution < 1.29 is 4.79 Å². The van der Waals surface area contributed by atoms with Gasteiger partial charge in [0.25, 0.3) is 0 Å². The van der Waals surface area contributed by atoms with Crippen LogP contribution in [0.3, 0.4) is 0 Å². The third-order valence-corrected chi connectivity index (χ3v) is 2.95. The lowest BCUT2D eigenvalue weighted by atomic mass is 9.97. The Balaban J connectivity index is 2.60. The number of hydrogen-bond acceptors (Lipinski definition) is 2. The lowest BCUT2D eigenvalue weighted by Gasteiger charge is -2.06. The van der Waals surface area contributed by atoms with Gasteiger partial charge < -0.3 is 0 Å². The topological polar surface area (TPSA) is 30.0 Å². The van der Waals surface area contributed by atoms with Crippen LogP contribution in [0.5, 0.6) is 0 Å². The molecule has 0 aliphatic carbocycles. The van der Waals surface area contributed by atoms with Crippen LogP contribution in [-0.2, 0) is 0 Å². The van der Waals surface area contributed by atoms with E-state index in [-0.39, 0.29) is 5.78 Å². The largest absolute Gasteiger partial charge is 0.289 e. The smallest absolute Gasteiger partial charge is 0.189 e. The molecule has 2 rings (SSSR count). The molecule has 2 aromatic rings. The predicted octanol–water partition coefficient (Wildman–Crippen LogP) is 3.77. The molecule has 0 saturated heterocycles. The van der Waals surface area contributed by atoms with Crippen LogP contribution < -0.4 is 0 Å². The summed E-state index contributed by atoms with van der Waals surface area (Å²) in [5.74, 6) is 0.117. The van der Waals surface area contributed by atoms with E-state index >= 15 is 0 Å². The number of Topliss-reactive ketones (excluding diaryl/α,β-unsaturated/α-hetero) is 1. The van der Waals surface area contributed by atoms with E-state index in [0.717, 1.165) is 28.3 Å². The van der Waals surface area contributed by atoms with Crippen LogP contribution in [0.25, 0.3) is 10.8 Å². The average molecular weight is 225 g/mol. The second-order valence-electron chi connectivity index (χ2n) is 3.90. The summed E-state index contributed by atoms with van der Waals surface area (Å²) in [6.45, 7) is 3.91. The van der Waals surface area contributed by atoms with Crippen molar-refractivity contribution in [1.29, 1.82) is 0 Å². The standard InChI is InChI=1S/C15H15NO/c1-3-11(4-2)15(17)14-7-5-6-12-10-16-9-8-13(12)14/h3,5-10H,4H2,1-2H3/b11-3-. The van der Waals surface area contributed by atoms with Gasteiger partial charge >= 0.3 is 0 Å². The summed E-state index contributed by atoms with van der Waals surface area (Å²) in [5.41, 5.74) is 1.62. The van der Waals surface area contributed by atoms with Crippen molar-refractivity contribution in [3.05, 3.63) is 53.9 Å². The fourth-order valence-corrected chi connectivity index (χ4v) is 1.99. The molecule has 0 radical (unpaired) electrons. The average Bonchev–Trinajstić information content (AvgIpc) is 2.39. The first kappa shape index (κ1) is 11.5. The molecule has 0 saturated carbocycles. The number of aromatic nitrogens is 1. The highest BCUT2D eigenvalue weighted by Crippen LogP contribution is 2.21. The Morgan fingerprint density at radius 3 is 2.88 bits per heavy atom. The second-order valence-corrected chi connectivity index (χ2v) is 3.90. The SMILES string of the molecule is C/C=C(/CC)C(=O)c1cccc2cnccc12. The molecule has 0 amide bonds. The summed E-state index contributed by atoms with van der Waals surface area (Å²) < 4.78 is 0. The van der Waals surface area contributed by atoms with E-state index in [4.69, 9.17) is 0 Å². The molecule has 1 heterocycles. The van der Waals surface area contributed by atoms with E-state index in [1.54, 1.807) is 12.4 Å². The van der Waals surface area contributed by atoms with Gasteiger partial charge in [-0.05, 0) is 30.4 Å². The van der Waals surface area contributed by atoms with Crippen LogP contribution in [0.15, 0.2) is 48.3 Å². The van der Waals surface area contributed by atoms with Crippen LogP contribution in [-0.4, -0.2) is 10.8 Å². The number of carbonyl (C=O) groups excluding carboxylic acids is 1. The summed E-state index contributed by atoms with van der Waals surface area (Å²) in [6, 6.07) is 7.65. The lowest BCUT2D eigenvalue weighted by molar-refractivity contribution is 0.103. The van der Waals surface area contributed by atoms with E-state index in [1.165, 1.54) is 0 Å². The van der Waals surface area contributed by atoms with E-state index in [0.29, 0.717) is 0 Å². The molecule has 0 unspecified atom stereocenters. The minimum Gasteiger partial charge on any atom is -0.289 e. The molecule has 1 aromatic carbocycles. The van der Waals surface area contributed by atoms with E-state index in [1.807, 2.05) is 44.2 Å². The molecule has 0 atom stereocenters. The zero-order valence-corrected chi connectivity index (χ0v) is 10.1. The molecule has 0 aliphatic heterocycles. The van der Waals surface area contributed by atoms with E-state index in [9.17, 15) is 4.79 Å². The van der Waals surface area contributed by atoms with Gasteiger partial charge in [0.15, 0.2) is 5.78 Å². The highest BCUT2D eigenvalue weighted by atomic mass is 16.1. The number of hydrogen-bond donors (Lipinski definition) is 0. The highest BCUT2D eigenvalue weighted by molar-refractivity contribution is 6.16. The molecule has 2 heteroatoms. The van der Waals surface area contributed by atoms with Crippen molar-refractivity contribution in [2.24, 2.45) is 0 Å². The summed E-state index contributed by atoms with van der Waals surface area (Å²) in [7, 11) is 0.